The van der Waals surface area contributed by atoms with Crippen LogP contribution in [0.2, 0.25) is 0 Å². The molecule has 0 radical (unpaired) electrons. The molecule has 4 saturated carbocycles. The van der Waals surface area contributed by atoms with Crippen LogP contribution in [0.1, 0.15) is 73.1 Å². The van der Waals surface area contributed by atoms with Gasteiger partial charge < -0.3 is 10.2 Å². The Kier molecular flexibility index (Phi) is 2.98. The first kappa shape index (κ1) is 14.8. The van der Waals surface area contributed by atoms with Crippen LogP contribution >= 0.6 is 0 Å². The summed E-state index contributed by atoms with van der Waals surface area (Å²) in [7, 11) is 0. The summed E-state index contributed by atoms with van der Waals surface area (Å²) in [6, 6.07) is 0. The molecule has 2 N–H and O–H groups in total. The normalized spacial score (nSPS) is 53.2. The van der Waals surface area contributed by atoms with E-state index in [1.165, 1.54) is 12.8 Å². The first-order valence-electron chi connectivity index (χ1n) is 8.33. The van der Waals surface area contributed by atoms with Gasteiger partial charge in [-0.3, -0.25) is 0 Å². The smallest absolute Gasteiger partial charge is 0.0584 e. The first-order chi connectivity index (χ1) is 8.97. The third kappa shape index (κ3) is 2.14. The van der Waals surface area contributed by atoms with Gasteiger partial charge in [-0.05, 0) is 66.1 Å². The topological polar surface area (TPSA) is 40.5 Å². The Morgan fingerprint density at radius 1 is 0.800 bits per heavy atom. The van der Waals surface area contributed by atoms with Gasteiger partial charge in [-0.2, -0.15) is 0 Å². The fourth-order valence-corrected chi connectivity index (χ4v) is 7.41. The molecule has 4 fully saturated rings. The van der Waals surface area contributed by atoms with Gasteiger partial charge in [-0.25, -0.2) is 0 Å². The maximum absolute atomic E-state index is 10.8. The van der Waals surface area contributed by atoms with Gasteiger partial charge in [-0.1, -0.05) is 34.6 Å². The molecule has 1 spiro atoms. The molecule has 0 aromatic rings. The molecule has 4 rings (SSSR count). The lowest BCUT2D eigenvalue weighted by molar-refractivity contribution is -0.225. The number of hydrogen-bond donors (Lipinski definition) is 2. The molecule has 0 aromatic carbocycles. The zero-order valence-corrected chi connectivity index (χ0v) is 13.9. The Morgan fingerprint density at radius 2 is 1.45 bits per heavy atom. The van der Waals surface area contributed by atoms with E-state index in [1.54, 1.807) is 0 Å². The van der Waals surface area contributed by atoms with E-state index in [4.69, 9.17) is 0 Å². The monoisotopic (exact) mass is 280 g/mol. The van der Waals surface area contributed by atoms with Gasteiger partial charge in [0.1, 0.15) is 0 Å². The molecule has 0 saturated heterocycles. The van der Waals surface area contributed by atoms with Crippen molar-refractivity contribution in [2.75, 3.05) is 0 Å². The Hall–Kier alpha value is -0.0800. The summed E-state index contributed by atoms with van der Waals surface area (Å²) in [5, 5.41) is 21.2. The highest BCUT2D eigenvalue weighted by atomic mass is 16.3. The second kappa shape index (κ2) is 4.01. The van der Waals surface area contributed by atoms with Crippen LogP contribution < -0.4 is 0 Å². The Labute approximate surface area is 124 Å². The summed E-state index contributed by atoms with van der Waals surface area (Å²) in [5.41, 5.74) is 0.791. The third-order valence-electron chi connectivity index (χ3n) is 6.51. The molecule has 116 valence electrons. The highest BCUT2D eigenvalue weighted by molar-refractivity contribution is 5.14. The van der Waals surface area contributed by atoms with Crippen molar-refractivity contribution in [3.8, 4) is 0 Å². The van der Waals surface area contributed by atoms with Crippen molar-refractivity contribution in [1.82, 2.24) is 0 Å². The van der Waals surface area contributed by atoms with Gasteiger partial charge in [0.2, 0.25) is 0 Å². The SMILES string of the molecule is CC1(C)C[C@H](O)C[C@@]2(C1)C[C@@]1(C)C[C@@H](O)[C@H]2C(C)(C)C1. The summed E-state index contributed by atoms with van der Waals surface area (Å²) in [4.78, 5) is 0. The van der Waals surface area contributed by atoms with Crippen molar-refractivity contribution < 1.29 is 10.2 Å². The molecule has 4 aliphatic carbocycles. The summed E-state index contributed by atoms with van der Waals surface area (Å²) in [6.07, 6.45) is 5.98. The van der Waals surface area contributed by atoms with Crippen molar-refractivity contribution in [2.45, 2.75) is 85.4 Å². The van der Waals surface area contributed by atoms with Crippen molar-refractivity contribution in [3.63, 3.8) is 0 Å². The molecule has 5 atom stereocenters. The minimum Gasteiger partial charge on any atom is -0.393 e. The Morgan fingerprint density at radius 3 is 1.95 bits per heavy atom. The van der Waals surface area contributed by atoms with Gasteiger partial charge in [0.05, 0.1) is 12.2 Å². The zero-order chi connectivity index (χ0) is 15.0. The van der Waals surface area contributed by atoms with E-state index in [9.17, 15) is 10.2 Å². The second-order valence-electron chi connectivity index (χ2n) is 10.2. The number of aliphatic hydroxyl groups excluding tert-OH is 2. The van der Waals surface area contributed by atoms with Crippen LogP contribution in [0.15, 0.2) is 0 Å². The minimum absolute atomic E-state index is 0.148. The lowest BCUT2D eigenvalue weighted by atomic mass is 9.38. The largest absolute Gasteiger partial charge is 0.393 e. The van der Waals surface area contributed by atoms with E-state index < -0.39 is 0 Å². The van der Waals surface area contributed by atoms with Gasteiger partial charge in [0.15, 0.2) is 0 Å². The molecule has 0 amide bonds. The van der Waals surface area contributed by atoms with Gasteiger partial charge in [0.25, 0.3) is 0 Å². The predicted molar refractivity (Wildman–Crippen MR) is 81.3 cm³/mol. The minimum atomic E-state index is -0.190. The maximum atomic E-state index is 10.8. The van der Waals surface area contributed by atoms with Gasteiger partial charge in [0, 0.05) is 0 Å². The number of rotatable bonds is 0. The Balaban J connectivity index is 2.04. The molecule has 20 heavy (non-hydrogen) atoms. The molecule has 0 unspecified atom stereocenters. The van der Waals surface area contributed by atoms with Crippen LogP contribution in [-0.2, 0) is 0 Å². The van der Waals surface area contributed by atoms with Gasteiger partial charge >= 0.3 is 0 Å². The lowest BCUT2D eigenvalue weighted by Gasteiger charge is -2.68. The highest BCUT2D eigenvalue weighted by Gasteiger charge is 2.64. The third-order valence-corrected chi connectivity index (χ3v) is 6.51. The van der Waals surface area contributed by atoms with Crippen molar-refractivity contribution in [3.05, 3.63) is 0 Å². The number of aliphatic hydroxyl groups is 2. The molecule has 2 nitrogen and oxygen atoms in total. The average Bonchev–Trinajstić information content (AvgIpc) is 2.04. The molecule has 0 heterocycles. The summed E-state index contributed by atoms with van der Waals surface area (Å²) in [5.74, 6) is 0.353. The fourth-order valence-electron chi connectivity index (χ4n) is 7.41. The van der Waals surface area contributed by atoms with Crippen molar-refractivity contribution in [1.29, 1.82) is 0 Å². The molecule has 0 aromatic heterocycles. The fraction of sp³-hybridized carbons (Fsp3) is 1.00. The molecule has 2 heteroatoms. The lowest BCUT2D eigenvalue weighted by Crippen LogP contribution is -2.63. The quantitative estimate of drug-likeness (QED) is 0.709. The van der Waals surface area contributed by atoms with E-state index in [0.29, 0.717) is 5.92 Å². The van der Waals surface area contributed by atoms with E-state index >= 15 is 0 Å². The highest BCUT2D eigenvalue weighted by Crippen LogP contribution is 2.70. The molecular formula is C18H32O2. The molecular weight excluding hydrogens is 248 g/mol. The van der Waals surface area contributed by atoms with E-state index in [0.717, 1.165) is 25.7 Å². The molecule has 0 aliphatic heterocycles. The summed E-state index contributed by atoms with van der Waals surface area (Å²) < 4.78 is 0. The molecule has 2 bridgehead atoms. The van der Waals surface area contributed by atoms with E-state index in [2.05, 4.69) is 34.6 Å². The predicted octanol–water partition coefficient (Wildman–Crippen LogP) is 3.75. The average molecular weight is 280 g/mol. The van der Waals surface area contributed by atoms with Gasteiger partial charge in [-0.15, -0.1) is 0 Å². The van der Waals surface area contributed by atoms with Crippen LogP contribution in [0.25, 0.3) is 0 Å². The van der Waals surface area contributed by atoms with Crippen LogP contribution in [-0.4, -0.2) is 22.4 Å². The van der Waals surface area contributed by atoms with E-state index in [-0.39, 0.29) is 33.9 Å². The number of hydrogen-bond acceptors (Lipinski definition) is 2. The first-order valence-corrected chi connectivity index (χ1v) is 8.33. The maximum Gasteiger partial charge on any atom is 0.0584 e. The van der Waals surface area contributed by atoms with Crippen LogP contribution in [0.3, 0.4) is 0 Å². The number of fused-ring (bicyclic) bond motifs is 2. The van der Waals surface area contributed by atoms with Crippen LogP contribution in [0.4, 0.5) is 0 Å². The van der Waals surface area contributed by atoms with Crippen molar-refractivity contribution >= 4 is 0 Å². The summed E-state index contributed by atoms with van der Waals surface area (Å²) in [6.45, 7) is 11.6. The molecule has 4 aliphatic rings. The standard InChI is InChI=1S/C18H32O2/c1-15(2)6-12(19)7-18(9-15)11-17(5)8-13(20)14(18)16(3,4)10-17/h12-14,19-20H,6-11H2,1-5H3/t12-,13+,14-,17-,18+/m0/s1. The van der Waals surface area contributed by atoms with Crippen LogP contribution in [0.5, 0.6) is 0 Å². The van der Waals surface area contributed by atoms with E-state index in [1.807, 2.05) is 0 Å². The summed E-state index contributed by atoms with van der Waals surface area (Å²) >= 11 is 0. The zero-order valence-electron chi connectivity index (χ0n) is 13.9. The Bertz CT molecular complexity index is 407. The van der Waals surface area contributed by atoms with Crippen molar-refractivity contribution in [2.24, 2.45) is 27.6 Å². The van der Waals surface area contributed by atoms with Crippen LogP contribution in [0, 0.1) is 27.6 Å². The second-order valence-corrected chi connectivity index (χ2v) is 10.2.